The molecule has 0 radical (unpaired) electrons. The van der Waals surface area contributed by atoms with Gasteiger partial charge in [0, 0.05) is 30.8 Å². The predicted octanol–water partition coefficient (Wildman–Crippen LogP) is 4.01. The Bertz CT molecular complexity index is 1390. The van der Waals surface area contributed by atoms with E-state index in [9.17, 15) is 4.79 Å². The summed E-state index contributed by atoms with van der Waals surface area (Å²) in [5.74, 6) is 1.59. The molecule has 4 aromatic rings. The number of rotatable bonds is 10. The molecule has 0 bridgehead atoms. The van der Waals surface area contributed by atoms with Gasteiger partial charge in [-0.25, -0.2) is 4.68 Å². The zero-order valence-electron chi connectivity index (χ0n) is 21.7. The smallest absolute Gasteiger partial charge is 0.252 e. The third kappa shape index (κ3) is 5.73. The molecule has 9 heteroatoms. The lowest BCUT2D eigenvalue weighted by Crippen LogP contribution is -2.37. The number of ether oxygens (including phenoxy) is 2. The van der Waals surface area contributed by atoms with Gasteiger partial charge < -0.3 is 14.5 Å². The number of aryl methyl sites for hydroxylation is 1. The van der Waals surface area contributed by atoms with E-state index in [0.717, 1.165) is 65.0 Å². The molecule has 0 amide bonds. The van der Waals surface area contributed by atoms with Crippen LogP contribution in [0.4, 0.5) is 0 Å². The molecule has 0 spiro atoms. The molecule has 0 aliphatic carbocycles. The van der Waals surface area contributed by atoms with Gasteiger partial charge in [0.25, 0.3) is 5.56 Å². The van der Waals surface area contributed by atoms with Gasteiger partial charge in [0.15, 0.2) is 5.82 Å². The normalized spacial score (nSPS) is 16.5. The Morgan fingerprint density at radius 2 is 2.05 bits per heavy atom. The van der Waals surface area contributed by atoms with Gasteiger partial charge in [-0.3, -0.25) is 9.69 Å². The molecular weight excluding hydrogens is 468 g/mol. The predicted molar refractivity (Wildman–Crippen MR) is 142 cm³/mol. The van der Waals surface area contributed by atoms with Crippen molar-refractivity contribution in [2.75, 3.05) is 20.3 Å². The van der Waals surface area contributed by atoms with Crippen molar-refractivity contribution in [2.24, 2.45) is 0 Å². The molecule has 0 unspecified atom stereocenters. The van der Waals surface area contributed by atoms with Crippen molar-refractivity contribution >= 4 is 10.9 Å². The number of methoxy groups -OCH3 is 1. The summed E-state index contributed by atoms with van der Waals surface area (Å²) in [6.45, 7) is 6.70. The summed E-state index contributed by atoms with van der Waals surface area (Å²) >= 11 is 0. The maximum Gasteiger partial charge on any atom is 0.252 e. The molecule has 9 nitrogen and oxygen atoms in total. The van der Waals surface area contributed by atoms with Gasteiger partial charge in [-0.15, -0.1) is 5.10 Å². The average molecular weight is 503 g/mol. The number of H-pyrrole nitrogens is 1. The van der Waals surface area contributed by atoms with Crippen molar-refractivity contribution in [2.45, 2.75) is 58.3 Å². The van der Waals surface area contributed by atoms with E-state index in [1.807, 2.05) is 47.1 Å². The maximum absolute atomic E-state index is 13.1. The van der Waals surface area contributed by atoms with Gasteiger partial charge in [-0.1, -0.05) is 30.7 Å². The molecule has 2 aromatic heterocycles. The summed E-state index contributed by atoms with van der Waals surface area (Å²) in [4.78, 5) is 18.4. The third-order valence-corrected chi connectivity index (χ3v) is 7.09. The van der Waals surface area contributed by atoms with Gasteiger partial charge in [0.05, 0.1) is 25.8 Å². The number of pyridine rings is 1. The van der Waals surface area contributed by atoms with Crippen LogP contribution in [0.3, 0.4) is 0 Å². The van der Waals surface area contributed by atoms with Gasteiger partial charge in [0.1, 0.15) is 5.75 Å². The van der Waals surface area contributed by atoms with Crippen LogP contribution in [0.15, 0.2) is 53.3 Å². The summed E-state index contributed by atoms with van der Waals surface area (Å²) in [5.41, 5.74) is 3.74. The molecule has 1 aliphatic heterocycles. The van der Waals surface area contributed by atoms with Gasteiger partial charge in [-0.2, -0.15) is 0 Å². The monoisotopic (exact) mass is 502 g/mol. The van der Waals surface area contributed by atoms with Crippen molar-refractivity contribution in [1.82, 2.24) is 30.1 Å². The highest BCUT2D eigenvalue weighted by molar-refractivity contribution is 5.79. The number of tetrazole rings is 1. The van der Waals surface area contributed by atoms with Crippen molar-refractivity contribution in [3.05, 3.63) is 81.4 Å². The Morgan fingerprint density at radius 3 is 2.78 bits per heavy atom. The second-order valence-corrected chi connectivity index (χ2v) is 9.75. The van der Waals surface area contributed by atoms with Crippen LogP contribution in [0.2, 0.25) is 0 Å². The topological polar surface area (TPSA) is 98.2 Å². The first kappa shape index (κ1) is 25.1. The molecule has 37 heavy (non-hydrogen) atoms. The van der Waals surface area contributed by atoms with Gasteiger partial charge in [-0.05, 0) is 77.9 Å². The molecule has 1 N–H and O–H groups in total. The fourth-order valence-corrected chi connectivity index (χ4v) is 5.13. The van der Waals surface area contributed by atoms with Gasteiger partial charge >= 0.3 is 0 Å². The SMILES string of the molecule is CC[C@@H](c1nnnn1Cc1ccc(OC)cc1)N(Cc1cc2cc(C)ccc2[nH]c1=O)C[C@@H]1CCCO1. The Kier molecular flexibility index (Phi) is 7.62. The molecule has 3 heterocycles. The standard InChI is InChI=1S/C28H34N6O3/c1-4-26(27-30-31-32-34(27)16-20-8-10-23(36-3)11-9-20)33(18-24-6-5-13-37-24)17-22-15-21-14-19(2)7-12-25(21)29-28(22)35/h7-12,14-15,24,26H,4-6,13,16-18H2,1-3H3,(H,29,35)/t24-,26-/m0/s1. The molecule has 0 saturated carbocycles. The summed E-state index contributed by atoms with van der Waals surface area (Å²) < 4.78 is 13.1. The van der Waals surface area contributed by atoms with E-state index in [2.05, 4.69) is 45.3 Å². The molecule has 1 fully saturated rings. The fourth-order valence-electron chi connectivity index (χ4n) is 5.13. The largest absolute Gasteiger partial charge is 0.497 e. The van der Waals surface area contributed by atoms with Crippen LogP contribution in [0.1, 0.15) is 54.7 Å². The number of nitrogens with one attached hydrogen (secondary N) is 1. The Morgan fingerprint density at radius 1 is 1.22 bits per heavy atom. The summed E-state index contributed by atoms with van der Waals surface area (Å²) in [7, 11) is 1.66. The second kappa shape index (κ2) is 11.2. The quantitative estimate of drug-likeness (QED) is 0.350. The number of nitrogens with zero attached hydrogens (tertiary/aromatic N) is 5. The van der Waals surface area contributed by atoms with Crippen LogP contribution in [0.5, 0.6) is 5.75 Å². The lowest BCUT2D eigenvalue weighted by molar-refractivity contribution is 0.0489. The Hall–Kier alpha value is -3.56. The van der Waals surface area contributed by atoms with Crippen molar-refractivity contribution < 1.29 is 9.47 Å². The van der Waals surface area contributed by atoms with Crippen molar-refractivity contribution in [3.8, 4) is 5.75 Å². The first-order valence-electron chi connectivity index (χ1n) is 12.9. The van der Waals surface area contributed by atoms with E-state index in [-0.39, 0.29) is 17.7 Å². The molecule has 2 atom stereocenters. The van der Waals surface area contributed by atoms with E-state index in [1.54, 1.807) is 7.11 Å². The fraction of sp³-hybridized carbons (Fsp3) is 0.429. The number of aromatic nitrogens is 5. The van der Waals surface area contributed by atoms with Crippen LogP contribution < -0.4 is 10.3 Å². The lowest BCUT2D eigenvalue weighted by Gasteiger charge is -2.32. The second-order valence-electron chi connectivity index (χ2n) is 9.75. The van der Waals surface area contributed by atoms with Gasteiger partial charge in [0.2, 0.25) is 0 Å². The van der Waals surface area contributed by atoms with Crippen LogP contribution in [0, 0.1) is 6.92 Å². The third-order valence-electron chi connectivity index (χ3n) is 7.09. The highest BCUT2D eigenvalue weighted by atomic mass is 16.5. The Balaban J connectivity index is 1.46. The van der Waals surface area contributed by atoms with E-state index < -0.39 is 0 Å². The van der Waals surface area contributed by atoms with E-state index in [1.165, 1.54) is 0 Å². The first-order valence-corrected chi connectivity index (χ1v) is 12.9. The lowest BCUT2D eigenvalue weighted by atomic mass is 10.1. The highest BCUT2D eigenvalue weighted by Crippen LogP contribution is 2.27. The van der Waals surface area contributed by atoms with E-state index >= 15 is 0 Å². The number of fused-ring (bicyclic) bond motifs is 1. The summed E-state index contributed by atoms with van der Waals surface area (Å²) in [5, 5.41) is 13.8. The zero-order valence-corrected chi connectivity index (χ0v) is 21.7. The summed E-state index contributed by atoms with van der Waals surface area (Å²) in [6, 6.07) is 15.9. The van der Waals surface area contributed by atoms with Crippen LogP contribution in [-0.4, -0.2) is 56.5 Å². The minimum absolute atomic E-state index is 0.0682. The van der Waals surface area contributed by atoms with Crippen LogP contribution in [-0.2, 0) is 17.8 Å². The molecule has 5 rings (SSSR count). The molecular formula is C28H34N6O3. The number of benzene rings is 2. The highest BCUT2D eigenvalue weighted by Gasteiger charge is 2.29. The zero-order chi connectivity index (χ0) is 25.8. The molecule has 1 saturated heterocycles. The Labute approximate surface area is 216 Å². The van der Waals surface area contributed by atoms with Crippen LogP contribution in [0.25, 0.3) is 10.9 Å². The summed E-state index contributed by atoms with van der Waals surface area (Å²) in [6.07, 6.45) is 2.99. The van der Waals surface area contributed by atoms with Crippen molar-refractivity contribution in [1.29, 1.82) is 0 Å². The molecule has 1 aliphatic rings. The van der Waals surface area contributed by atoms with E-state index in [0.29, 0.717) is 19.6 Å². The number of hydrogen-bond acceptors (Lipinski definition) is 7. The molecule has 2 aromatic carbocycles. The van der Waals surface area contributed by atoms with Crippen molar-refractivity contribution in [3.63, 3.8) is 0 Å². The van der Waals surface area contributed by atoms with E-state index in [4.69, 9.17) is 9.47 Å². The molecule has 194 valence electrons. The average Bonchev–Trinajstić information content (AvgIpc) is 3.58. The first-order chi connectivity index (χ1) is 18.0. The van der Waals surface area contributed by atoms with Crippen LogP contribution >= 0.6 is 0 Å². The number of hydrogen-bond donors (Lipinski definition) is 1. The maximum atomic E-state index is 13.1. The minimum atomic E-state index is -0.0787. The minimum Gasteiger partial charge on any atom is -0.497 e. The number of aromatic amines is 1.